The quantitative estimate of drug-likeness (QED) is 0.785. The first kappa shape index (κ1) is 13.9. The molecule has 90 valence electrons. The Bertz CT molecular complexity index is 386. The zero-order valence-corrected chi connectivity index (χ0v) is 11.0. The molecular formula is C11H13BrClF2N. The molecule has 0 radical (unpaired) electrons. The van der Waals surface area contributed by atoms with Crippen LogP contribution in [0.3, 0.4) is 0 Å². The van der Waals surface area contributed by atoms with E-state index in [1.807, 2.05) is 0 Å². The van der Waals surface area contributed by atoms with E-state index < -0.39 is 5.82 Å². The molecule has 1 nitrogen and oxygen atoms in total. The molecule has 1 aromatic rings. The first-order valence-corrected chi connectivity index (χ1v) is 5.77. The minimum Gasteiger partial charge on any atom is -0.328 e. The molecule has 2 rings (SSSR count). The SMILES string of the molecule is Cl.NC1CCC(c2cc(F)c(Br)cc2F)C1. The molecule has 2 unspecified atom stereocenters. The van der Waals surface area contributed by atoms with Crippen LogP contribution in [0.25, 0.3) is 0 Å². The van der Waals surface area contributed by atoms with E-state index in [0.29, 0.717) is 5.56 Å². The maximum absolute atomic E-state index is 13.6. The van der Waals surface area contributed by atoms with Crippen LogP contribution in [0, 0.1) is 11.6 Å². The lowest BCUT2D eigenvalue weighted by atomic mass is 9.97. The first-order valence-electron chi connectivity index (χ1n) is 4.98. The van der Waals surface area contributed by atoms with Crippen molar-refractivity contribution in [3.63, 3.8) is 0 Å². The summed E-state index contributed by atoms with van der Waals surface area (Å²) in [6, 6.07) is 2.59. The molecule has 1 fully saturated rings. The predicted octanol–water partition coefficient (Wildman–Crippen LogP) is 3.74. The van der Waals surface area contributed by atoms with Gasteiger partial charge in [-0.3, -0.25) is 0 Å². The van der Waals surface area contributed by atoms with Crippen LogP contribution >= 0.6 is 28.3 Å². The van der Waals surface area contributed by atoms with Crippen molar-refractivity contribution in [1.29, 1.82) is 0 Å². The molecule has 0 heterocycles. The van der Waals surface area contributed by atoms with Crippen molar-refractivity contribution in [3.05, 3.63) is 33.8 Å². The van der Waals surface area contributed by atoms with Crippen LogP contribution < -0.4 is 5.73 Å². The zero-order chi connectivity index (χ0) is 11.0. The van der Waals surface area contributed by atoms with E-state index in [-0.39, 0.29) is 34.7 Å². The third-order valence-electron chi connectivity index (χ3n) is 2.95. The molecule has 1 aliphatic carbocycles. The summed E-state index contributed by atoms with van der Waals surface area (Å²) < 4.78 is 27.0. The molecule has 0 saturated heterocycles. The predicted molar refractivity (Wildman–Crippen MR) is 65.9 cm³/mol. The molecule has 0 aliphatic heterocycles. The van der Waals surface area contributed by atoms with Crippen molar-refractivity contribution in [3.8, 4) is 0 Å². The Kier molecular flexibility index (Phi) is 4.71. The van der Waals surface area contributed by atoms with Crippen LogP contribution in [0.1, 0.15) is 30.7 Å². The summed E-state index contributed by atoms with van der Waals surface area (Å²) in [6.07, 6.45) is 2.49. The average Bonchev–Trinajstić information content (AvgIpc) is 2.58. The van der Waals surface area contributed by atoms with Crippen molar-refractivity contribution in [2.45, 2.75) is 31.2 Å². The second-order valence-electron chi connectivity index (χ2n) is 4.06. The smallest absolute Gasteiger partial charge is 0.137 e. The van der Waals surface area contributed by atoms with Gasteiger partial charge in [-0.25, -0.2) is 8.78 Å². The second-order valence-corrected chi connectivity index (χ2v) is 4.91. The summed E-state index contributed by atoms with van der Waals surface area (Å²) >= 11 is 2.96. The van der Waals surface area contributed by atoms with Crippen LogP contribution in [-0.4, -0.2) is 6.04 Å². The van der Waals surface area contributed by atoms with E-state index >= 15 is 0 Å². The highest BCUT2D eigenvalue weighted by molar-refractivity contribution is 9.10. The van der Waals surface area contributed by atoms with Gasteiger partial charge in [-0.15, -0.1) is 12.4 Å². The standard InChI is InChI=1S/C11H12BrF2N.ClH/c12-9-5-10(13)8(4-11(9)14)6-1-2-7(15)3-6;/h4-7H,1-3,15H2;1H. The molecule has 0 aromatic heterocycles. The third kappa shape index (κ3) is 2.73. The van der Waals surface area contributed by atoms with Gasteiger partial charge in [-0.1, -0.05) is 0 Å². The number of benzene rings is 1. The van der Waals surface area contributed by atoms with Crippen LogP contribution in [0.2, 0.25) is 0 Å². The number of nitrogens with two attached hydrogens (primary N) is 1. The Morgan fingerprint density at radius 1 is 1.19 bits per heavy atom. The minimum absolute atomic E-state index is 0. The lowest BCUT2D eigenvalue weighted by molar-refractivity contribution is 0.554. The maximum Gasteiger partial charge on any atom is 0.137 e. The van der Waals surface area contributed by atoms with Gasteiger partial charge in [-0.05, 0) is 58.8 Å². The highest BCUT2D eigenvalue weighted by Crippen LogP contribution is 2.36. The van der Waals surface area contributed by atoms with Gasteiger partial charge in [0.1, 0.15) is 11.6 Å². The van der Waals surface area contributed by atoms with Crippen molar-refractivity contribution in [1.82, 2.24) is 0 Å². The monoisotopic (exact) mass is 311 g/mol. The molecule has 1 saturated carbocycles. The second kappa shape index (κ2) is 5.43. The number of rotatable bonds is 1. The number of hydrogen-bond acceptors (Lipinski definition) is 1. The lowest BCUT2D eigenvalue weighted by Crippen LogP contribution is -2.14. The molecule has 0 amide bonds. The van der Waals surface area contributed by atoms with Gasteiger partial charge in [-0.2, -0.15) is 0 Å². The van der Waals surface area contributed by atoms with Gasteiger partial charge < -0.3 is 5.73 Å². The molecule has 0 spiro atoms. The highest BCUT2D eigenvalue weighted by atomic mass is 79.9. The van der Waals surface area contributed by atoms with E-state index in [2.05, 4.69) is 15.9 Å². The lowest BCUT2D eigenvalue weighted by Gasteiger charge is -2.11. The fraction of sp³-hybridized carbons (Fsp3) is 0.455. The van der Waals surface area contributed by atoms with Gasteiger partial charge in [0, 0.05) is 6.04 Å². The molecule has 1 aliphatic rings. The Morgan fingerprint density at radius 2 is 1.88 bits per heavy atom. The van der Waals surface area contributed by atoms with E-state index in [9.17, 15) is 8.78 Å². The van der Waals surface area contributed by atoms with Crippen LogP contribution in [0.5, 0.6) is 0 Å². The topological polar surface area (TPSA) is 26.0 Å². The maximum atomic E-state index is 13.6. The largest absolute Gasteiger partial charge is 0.328 e. The van der Waals surface area contributed by atoms with E-state index in [0.717, 1.165) is 19.3 Å². The average molecular weight is 313 g/mol. The van der Waals surface area contributed by atoms with Gasteiger partial charge in [0.15, 0.2) is 0 Å². The summed E-state index contributed by atoms with van der Waals surface area (Å²) in [7, 11) is 0. The van der Waals surface area contributed by atoms with Gasteiger partial charge in [0.25, 0.3) is 0 Å². The molecule has 2 N–H and O–H groups in total. The van der Waals surface area contributed by atoms with Crippen LogP contribution in [-0.2, 0) is 0 Å². The summed E-state index contributed by atoms with van der Waals surface area (Å²) in [5.74, 6) is -0.683. The first-order chi connectivity index (χ1) is 7.08. The van der Waals surface area contributed by atoms with Crippen molar-refractivity contribution < 1.29 is 8.78 Å². The van der Waals surface area contributed by atoms with Gasteiger partial charge in [0.2, 0.25) is 0 Å². The van der Waals surface area contributed by atoms with Gasteiger partial charge in [0.05, 0.1) is 4.47 Å². The van der Waals surface area contributed by atoms with E-state index in [1.54, 1.807) is 0 Å². The Morgan fingerprint density at radius 3 is 2.44 bits per heavy atom. The van der Waals surface area contributed by atoms with E-state index in [1.165, 1.54) is 12.1 Å². The molecule has 5 heteroatoms. The summed E-state index contributed by atoms with van der Waals surface area (Å²) in [4.78, 5) is 0. The fourth-order valence-electron chi connectivity index (χ4n) is 2.15. The molecule has 0 bridgehead atoms. The van der Waals surface area contributed by atoms with Crippen molar-refractivity contribution in [2.24, 2.45) is 5.73 Å². The fourth-order valence-corrected chi connectivity index (χ4v) is 2.47. The molecule has 16 heavy (non-hydrogen) atoms. The van der Waals surface area contributed by atoms with Crippen LogP contribution in [0.4, 0.5) is 8.78 Å². The van der Waals surface area contributed by atoms with E-state index in [4.69, 9.17) is 5.73 Å². The summed E-state index contributed by atoms with van der Waals surface area (Å²) in [5.41, 5.74) is 6.22. The van der Waals surface area contributed by atoms with Crippen molar-refractivity contribution >= 4 is 28.3 Å². The Hall–Kier alpha value is -0.190. The van der Waals surface area contributed by atoms with Crippen LogP contribution in [0.15, 0.2) is 16.6 Å². The van der Waals surface area contributed by atoms with Gasteiger partial charge >= 0.3 is 0 Å². The Labute approximate surface area is 108 Å². The molecule has 1 aromatic carbocycles. The third-order valence-corrected chi connectivity index (χ3v) is 3.56. The summed E-state index contributed by atoms with van der Waals surface area (Å²) in [6.45, 7) is 0. The molecular weight excluding hydrogens is 299 g/mol. The minimum atomic E-state index is -0.410. The summed E-state index contributed by atoms with van der Waals surface area (Å²) in [5, 5.41) is 0. The number of hydrogen-bond donors (Lipinski definition) is 1. The highest BCUT2D eigenvalue weighted by Gasteiger charge is 2.26. The number of halogens is 4. The van der Waals surface area contributed by atoms with Crippen molar-refractivity contribution in [2.75, 3.05) is 0 Å². The normalized spacial score (nSPS) is 24.2. The molecule has 2 atom stereocenters. The zero-order valence-electron chi connectivity index (χ0n) is 8.55. The Balaban J connectivity index is 0.00000128.